The van der Waals surface area contributed by atoms with Gasteiger partial charge >= 0.3 is 0 Å². The molecular formula is C12H16N2OS. The number of anilines is 1. The first-order valence-corrected chi connectivity index (χ1v) is 5.77. The molecule has 0 spiro atoms. The molecule has 1 aliphatic rings. The molecule has 0 radical (unpaired) electrons. The van der Waals surface area contributed by atoms with Crippen molar-refractivity contribution in [3.63, 3.8) is 0 Å². The minimum Gasteiger partial charge on any atom is -0.497 e. The highest BCUT2D eigenvalue weighted by molar-refractivity contribution is 7.80. The average Bonchev–Trinajstić information content (AvgIpc) is 2.93. The van der Waals surface area contributed by atoms with Crippen LogP contribution in [0.2, 0.25) is 0 Å². The Morgan fingerprint density at radius 1 is 1.56 bits per heavy atom. The second kappa shape index (κ2) is 4.29. The van der Waals surface area contributed by atoms with Gasteiger partial charge in [-0.1, -0.05) is 19.1 Å². The third-order valence-corrected chi connectivity index (χ3v) is 3.16. The quantitative estimate of drug-likeness (QED) is 0.786. The molecule has 1 aromatic rings. The van der Waals surface area contributed by atoms with Gasteiger partial charge in [-0.25, -0.2) is 0 Å². The minimum atomic E-state index is 0.415. The monoisotopic (exact) mass is 236 g/mol. The van der Waals surface area contributed by atoms with Crippen LogP contribution in [0.15, 0.2) is 18.2 Å². The molecular weight excluding hydrogens is 220 g/mol. The molecule has 86 valence electrons. The van der Waals surface area contributed by atoms with Crippen molar-refractivity contribution in [1.29, 1.82) is 0 Å². The molecule has 0 saturated heterocycles. The average molecular weight is 236 g/mol. The number of nitrogens with two attached hydrogens (primary N) is 1. The van der Waals surface area contributed by atoms with E-state index in [4.69, 9.17) is 22.7 Å². The van der Waals surface area contributed by atoms with Gasteiger partial charge in [-0.3, -0.25) is 0 Å². The molecule has 3 nitrogen and oxygen atoms in total. The zero-order valence-corrected chi connectivity index (χ0v) is 10.3. The van der Waals surface area contributed by atoms with E-state index >= 15 is 0 Å². The summed E-state index contributed by atoms with van der Waals surface area (Å²) in [5.74, 6) is 1.54. The van der Waals surface area contributed by atoms with E-state index in [9.17, 15) is 0 Å². The highest BCUT2D eigenvalue weighted by atomic mass is 32.1. The van der Waals surface area contributed by atoms with Crippen LogP contribution in [-0.2, 0) is 0 Å². The lowest BCUT2D eigenvalue weighted by Crippen LogP contribution is -2.14. The van der Waals surface area contributed by atoms with Crippen LogP contribution in [-0.4, -0.2) is 18.1 Å². The third-order valence-electron chi connectivity index (χ3n) is 2.94. The number of nitrogens with one attached hydrogen (secondary N) is 1. The highest BCUT2D eigenvalue weighted by Gasteiger charge is 2.32. The lowest BCUT2D eigenvalue weighted by Gasteiger charge is -2.12. The normalized spacial score (nSPS) is 22.6. The van der Waals surface area contributed by atoms with Crippen molar-refractivity contribution in [2.75, 3.05) is 12.4 Å². The maximum atomic E-state index is 5.69. The first kappa shape index (κ1) is 11.2. The zero-order valence-electron chi connectivity index (χ0n) is 9.49. The molecule has 2 atom stereocenters. The summed E-state index contributed by atoms with van der Waals surface area (Å²) in [6.45, 7) is 2.22. The molecule has 2 unspecified atom stereocenters. The van der Waals surface area contributed by atoms with Gasteiger partial charge in [-0.15, -0.1) is 0 Å². The van der Waals surface area contributed by atoms with Crippen LogP contribution in [0.3, 0.4) is 0 Å². The Bertz CT molecular complexity index is 419. The van der Waals surface area contributed by atoms with Crippen LogP contribution in [0.4, 0.5) is 5.69 Å². The van der Waals surface area contributed by atoms with Crippen molar-refractivity contribution in [1.82, 2.24) is 0 Å². The van der Waals surface area contributed by atoms with E-state index in [0.29, 0.717) is 11.0 Å². The first-order chi connectivity index (χ1) is 7.61. The van der Waals surface area contributed by atoms with Crippen LogP contribution >= 0.6 is 12.2 Å². The van der Waals surface area contributed by atoms with Gasteiger partial charge in [0.2, 0.25) is 0 Å². The number of hydrogen-bond donors (Lipinski definition) is 2. The van der Waals surface area contributed by atoms with Crippen molar-refractivity contribution >= 4 is 22.9 Å². The molecule has 1 aromatic carbocycles. The number of thiocarbonyl (C=S) groups is 1. The predicted molar refractivity (Wildman–Crippen MR) is 70.1 cm³/mol. The summed E-state index contributed by atoms with van der Waals surface area (Å²) in [6, 6.07) is 6.26. The Morgan fingerprint density at radius 2 is 2.25 bits per heavy atom. The van der Waals surface area contributed by atoms with Crippen LogP contribution in [0, 0.1) is 5.92 Å². The Morgan fingerprint density at radius 3 is 2.75 bits per heavy atom. The van der Waals surface area contributed by atoms with E-state index in [-0.39, 0.29) is 0 Å². The molecule has 0 aliphatic heterocycles. The largest absolute Gasteiger partial charge is 0.497 e. The van der Waals surface area contributed by atoms with E-state index in [1.54, 1.807) is 7.11 Å². The Balaban J connectivity index is 2.26. The van der Waals surface area contributed by atoms with E-state index in [1.165, 1.54) is 6.42 Å². The molecule has 0 bridgehead atoms. The molecule has 1 fully saturated rings. The fourth-order valence-corrected chi connectivity index (χ4v) is 1.89. The van der Waals surface area contributed by atoms with Gasteiger partial charge in [0.05, 0.1) is 7.11 Å². The van der Waals surface area contributed by atoms with Crippen molar-refractivity contribution in [2.45, 2.75) is 19.4 Å². The molecule has 0 heterocycles. The van der Waals surface area contributed by atoms with E-state index in [2.05, 4.69) is 12.2 Å². The molecule has 3 N–H and O–H groups in total. The second-order valence-electron chi connectivity index (χ2n) is 4.24. The summed E-state index contributed by atoms with van der Waals surface area (Å²) in [6.07, 6.45) is 1.20. The van der Waals surface area contributed by atoms with Gasteiger partial charge in [0.1, 0.15) is 10.7 Å². The lowest BCUT2D eigenvalue weighted by molar-refractivity contribution is 0.415. The number of hydrogen-bond acceptors (Lipinski definition) is 3. The fraction of sp³-hybridized carbons (Fsp3) is 0.417. The van der Waals surface area contributed by atoms with Crippen LogP contribution in [0.1, 0.15) is 18.9 Å². The summed E-state index contributed by atoms with van der Waals surface area (Å²) in [7, 11) is 1.65. The standard InChI is InChI=1S/C12H16N2OS/c1-7-5-10(7)14-11-6-8(15-2)3-4-9(11)12(13)16/h3-4,6-7,10,14H,5H2,1-2H3,(H2,13,16). The molecule has 4 heteroatoms. The SMILES string of the molecule is COc1ccc(C(N)=S)c(NC2CC2C)c1. The number of ether oxygens (including phenoxy) is 1. The van der Waals surface area contributed by atoms with Gasteiger partial charge in [0, 0.05) is 23.4 Å². The van der Waals surface area contributed by atoms with Crippen LogP contribution in [0.25, 0.3) is 0 Å². The predicted octanol–water partition coefficient (Wildman–Crippen LogP) is 2.15. The zero-order chi connectivity index (χ0) is 11.7. The molecule has 1 aliphatic carbocycles. The van der Waals surface area contributed by atoms with Crippen molar-refractivity contribution in [3.8, 4) is 5.75 Å². The van der Waals surface area contributed by atoms with Crippen molar-refractivity contribution in [3.05, 3.63) is 23.8 Å². The first-order valence-electron chi connectivity index (χ1n) is 5.36. The highest BCUT2D eigenvalue weighted by Crippen LogP contribution is 2.34. The molecule has 16 heavy (non-hydrogen) atoms. The van der Waals surface area contributed by atoms with Crippen molar-refractivity contribution < 1.29 is 4.74 Å². The Kier molecular flexibility index (Phi) is 3.01. The summed E-state index contributed by atoms with van der Waals surface area (Å²) < 4.78 is 5.19. The van der Waals surface area contributed by atoms with Crippen LogP contribution in [0.5, 0.6) is 5.75 Å². The van der Waals surface area contributed by atoms with E-state index in [1.807, 2.05) is 18.2 Å². The van der Waals surface area contributed by atoms with Gasteiger partial charge in [-0.2, -0.15) is 0 Å². The number of rotatable bonds is 4. The van der Waals surface area contributed by atoms with Crippen LogP contribution < -0.4 is 15.8 Å². The molecule has 1 saturated carbocycles. The summed E-state index contributed by atoms with van der Waals surface area (Å²) in [4.78, 5) is 0.415. The van der Waals surface area contributed by atoms with Gasteiger partial charge in [0.15, 0.2) is 0 Å². The summed E-state index contributed by atoms with van der Waals surface area (Å²) >= 11 is 5.03. The van der Waals surface area contributed by atoms with E-state index < -0.39 is 0 Å². The fourth-order valence-electron chi connectivity index (χ4n) is 1.71. The summed E-state index contributed by atoms with van der Waals surface area (Å²) in [5, 5.41) is 3.44. The maximum absolute atomic E-state index is 5.69. The lowest BCUT2D eigenvalue weighted by atomic mass is 10.1. The molecule has 0 amide bonds. The molecule has 2 rings (SSSR count). The minimum absolute atomic E-state index is 0.415. The van der Waals surface area contributed by atoms with Gasteiger partial charge in [0.25, 0.3) is 0 Å². The van der Waals surface area contributed by atoms with E-state index in [0.717, 1.165) is 22.9 Å². The van der Waals surface area contributed by atoms with Gasteiger partial charge < -0.3 is 15.8 Å². The number of methoxy groups -OCH3 is 1. The Labute approximate surface area is 101 Å². The smallest absolute Gasteiger partial charge is 0.120 e. The van der Waals surface area contributed by atoms with Crippen molar-refractivity contribution in [2.24, 2.45) is 11.7 Å². The maximum Gasteiger partial charge on any atom is 0.120 e. The van der Waals surface area contributed by atoms with Gasteiger partial charge in [-0.05, 0) is 24.5 Å². The number of benzene rings is 1. The molecule has 0 aromatic heterocycles. The second-order valence-corrected chi connectivity index (χ2v) is 4.68. The Hall–Kier alpha value is -1.29. The topological polar surface area (TPSA) is 47.3 Å². The summed E-state index contributed by atoms with van der Waals surface area (Å²) in [5.41, 5.74) is 7.54. The third kappa shape index (κ3) is 2.27.